The molecule has 7 heteroatoms. The number of ketones is 1. The molecule has 1 aromatic heterocycles. The number of halogens is 1. The molecular weight excluding hydrogens is 406 g/mol. The second-order valence-electron chi connectivity index (χ2n) is 7.65. The predicted octanol–water partition coefficient (Wildman–Crippen LogP) is 4.98. The fraction of sp³-hybridized carbons (Fsp3) is 0.182. The first-order chi connectivity index (χ1) is 13.6. The number of pyridine rings is 1. The number of carbonyl (C=O) groups is 1. The van der Waals surface area contributed by atoms with Crippen molar-refractivity contribution >= 4 is 39.7 Å². The van der Waals surface area contributed by atoms with Crippen molar-refractivity contribution in [3.8, 4) is 0 Å². The van der Waals surface area contributed by atoms with Crippen LogP contribution in [0.4, 0.5) is 11.4 Å². The highest BCUT2D eigenvalue weighted by molar-refractivity contribution is 7.86. The molecule has 2 aromatic carbocycles. The normalized spacial score (nSPS) is 12.4. The van der Waals surface area contributed by atoms with E-state index in [1.54, 1.807) is 36.4 Å². The van der Waals surface area contributed by atoms with E-state index in [2.05, 4.69) is 30.5 Å². The Kier molecular flexibility index (Phi) is 6.05. The summed E-state index contributed by atoms with van der Waals surface area (Å²) in [6, 6.07) is 15.7. The molecule has 3 aromatic rings. The van der Waals surface area contributed by atoms with E-state index in [1.165, 1.54) is 12.3 Å². The van der Waals surface area contributed by atoms with Crippen LogP contribution < -0.4 is 10.5 Å². The smallest absolute Gasteiger partial charge is 0.213 e. The molecule has 0 aliphatic carbocycles. The minimum absolute atomic E-state index is 0.00143. The van der Waals surface area contributed by atoms with Gasteiger partial charge >= 0.3 is 0 Å². The summed E-state index contributed by atoms with van der Waals surface area (Å²) in [5.74, 6) is -0.337. The van der Waals surface area contributed by atoms with Crippen LogP contribution in [0.15, 0.2) is 65.7 Å². The summed E-state index contributed by atoms with van der Waals surface area (Å²) >= 11 is 6.06. The maximum absolute atomic E-state index is 12.9. The molecule has 29 heavy (non-hydrogen) atoms. The Hall–Kier alpha value is -2.70. The van der Waals surface area contributed by atoms with E-state index < -0.39 is 11.0 Å². The summed E-state index contributed by atoms with van der Waals surface area (Å²) < 4.78 is 15.7. The maximum Gasteiger partial charge on any atom is 0.213 e. The lowest BCUT2D eigenvalue weighted by molar-refractivity contribution is 0.103. The minimum atomic E-state index is -1.59. The number of aromatic nitrogens is 1. The van der Waals surface area contributed by atoms with Gasteiger partial charge in [0, 0.05) is 17.4 Å². The average molecular weight is 428 g/mol. The molecule has 1 heterocycles. The van der Waals surface area contributed by atoms with Gasteiger partial charge in [0.25, 0.3) is 0 Å². The summed E-state index contributed by atoms with van der Waals surface area (Å²) in [6.07, 6.45) is 1.38. The van der Waals surface area contributed by atoms with E-state index in [1.807, 2.05) is 12.1 Å². The van der Waals surface area contributed by atoms with Gasteiger partial charge in [0.1, 0.15) is 16.7 Å². The zero-order valence-corrected chi connectivity index (χ0v) is 18.0. The second-order valence-corrected chi connectivity index (χ2v) is 9.30. The van der Waals surface area contributed by atoms with Crippen molar-refractivity contribution in [1.29, 1.82) is 0 Å². The van der Waals surface area contributed by atoms with Gasteiger partial charge in [-0.15, -0.1) is 0 Å². The average Bonchev–Trinajstić information content (AvgIpc) is 2.67. The second kappa shape index (κ2) is 8.35. The first-order valence-electron chi connectivity index (χ1n) is 9.00. The van der Waals surface area contributed by atoms with Crippen LogP contribution in [0.5, 0.6) is 0 Å². The Morgan fingerprint density at radius 2 is 1.79 bits per heavy atom. The van der Waals surface area contributed by atoms with E-state index in [4.69, 9.17) is 17.3 Å². The molecule has 3 N–H and O–H groups in total. The molecule has 0 aliphatic heterocycles. The van der Waals surface area contributed by atoms with Gasteiger partial charge in [-0.2, -0.15) is 0 Å². The zero-order chi connectivity index (χ0) is 21.2. The number of hydrogen-bond donors (Lipinski definition) is 2. The summed E-state index contributed by atoms with van der Waals surface area (Å²) in [4.78, 5) is 17.6. The van der Waals surface area contributed by atoms with Gasteiger partial charge in [0.15, 0.2) is 0 Å². The van der Waals surface area contributed by atoms with E-state index in [-0.39, 0.29) is 16.9 Å². The fourth-order valence-electron chi connectivity index (χ4n) is 2.75. The van der Waals surface area contributed by atoms with Gasteiger partial charge in [0.05, 0.1) is 15.6 Å². The molecule has 150 valence electrons. The van der Waals surface area contributed by atoms with E-state index in [0.717, 1.165) is 5.56 Å². The summed E-state index contributed by atoms with van der Waals surface area (Å²) in [5, 5.41) is 0.330. The standard InChI is InChI=1S/C22H22ClN3O2S/c1-22(2,3)15-7-9-18(10-8-15)29(28)26-19-12-16(23)13-25-20(19)21(27)14-5-4-6-17(24)11-14/h4-13,26H,24H2,1-3H3. The van der Waals surface area contributed by atoms with Gasteiger partial charge < -0.3 is 5.73 Å². The summed E-state index contributed by atoms with van der Waals surface area (Å²) in [5.41, 5.74) is 8.20. The largest absolute Gasteiger partial charge is 0.399 e. The first-order valence-corrected chi connectivity index (χ1v) is 10.5. The molecule has 5 nitrogen and oxygen atoms in total. The van der Waals surface area contributed by atoms with Crippen molar-refractivity contribution in [2.45, 2.75) is 31.1 Å². The highest BCUT2D eigenvalue weighted by atomic mass is 35.5. The van der Waals surface area contributed by atoms with E-state index in [0.29, 0.717) is 26.9 Å². The van der Waals surface area contributed by atoms with Gasteiger partial charge in [-0.05, 0) is 41.3 Å². The van der Waals surface area contributed by atoms with Crippen molar-refractivity contribution in [2.24, 2.45) is 0 Å². The molecule has 0 spiro atoms. The number of hydrogen-bond acceptors (Lipinski definition) is 4. The zero-order valence-electron chi connectivity index (χ0n) is 16.4. The molecule has 0 amide bonds. The van der Waals surface area contributed by atoms with Crippen LogP contribution in [-0.2, 0) is 16.4 Å². The van der Waals surface area contributed by atoms with Crippen molar-refractivity contribution in [3.63, 3.8) is 0 Å². The topological polar surface area (TPSA) is 85.1 Å². The van der Waals surface area contributed by atoms with Crippen LogP contribution in [0.1, 0.15) is 42.4 Å². The molecule has 0 bridgehead atoms. The van der Waals surface area contributed by atoms with Gasteiger partial charge in [0.2, 0.25) is 5.78 Å². The molecule has 0 aliphatic rings. The van der Waals surface area contributed by atoms with Crippen LogP contribution in [0.3, 0.4) is 0 Å². The monoisotopic (exact) mass is 427 g/mol. The number of nitrogens with zero attached hydrogens (tertiary/aromatic N) is 1. The lowest BCUT2D eigenvalue weighted by Crippen LogP contribution is -2.13. The summed E-state index contributed by atoms with van der Waals surface area (Å²) in [6.45, 7) is 6.34. The third kappa shape index (κ3) is 5.02. The number of nitrogen functional groups attached to an aromatic ring is 1. The van der Waals surface area contributed by atoms with Crippen LogP contribution in [0.25, 0.3) is 0 Å². The minimum Gasteiger partial charge on any atom is -0.399 e. The molecule has 0 saturated heterocycles. The van der Waals surface area contributed by atoms with Gasteiger partial charge in [-0.25, -0.2) is 9.19 Å². The Labute approximate surface area is 177 Å². The Balaban J connectivity index is 1.90. The molecular formula is C22H22ClN3O2S. The lowest BCUT2D eigenvalue weighted by atomic mass is 9.87. The third-order valence-electron chi connectivity index (χ3n) is 4.36. The van der Waals surface area contributed by atoms with E-state index >= 15 is 0 Å². The molecule has 1 atom stereocenters. The molecule has 0 fully saturated rings. The SMILES string of the molecule is CC(C)(C)c1ccc(S(=O)Nc2cc(Cl)cnc2C(=O)c2cccc(N)c2)cc1. The number of nitrogens with two attached hydrogens (primary N) is 1. The highest BCUT2D eigenvalue weighted by Gasteiger charge is 2.19. The number of rotatable bonds is 5. The molecule has 1 unspecified atom stereocenters. The van der Waals surface area contributed by atoms with Crippen molar-refractivity contribution < 1.29 is 9.00 Å². The lowest BCUT2D eigenvalue weighted by Gasteiger charge is -2.19. The summed E-state index contributed by atoms with van der Waals surface area (Å²) in [7, 11) is -1.59. The van der Waals surface area contributed by atoms with Crippen LogP contribution in [0.2, 0.25) is 5.02 Å². The Morgan fingerprint density at radius 1 is 1.10 bits per heavy atom. The Morgan fingerprint density at radius 3 is 2.41 bits per heavy atom. The number of anilines is 2. The van der Waals surface area contributed by atoms with Gasteiger partial charge in [-0.1, -0.05) is 56.6 Å². The highest BCUT2D eigenvalue weighted by Crippen LogP contribution is 2.26. The fourth-order valence-corrected chi connectivity index (χ4v) is 3.77. The van der Waals surface area contributed by atoms with Crippen LogP contribution in [0, 0.1) is 0 Å². The quantitative estimate of drug-likeness (QED) is 0.444. The van der Waals surface area contributed by atoms with Crippen LogP contribution >= 0.6 is 11.6 Å². The third-order valence-corrected chi connectivity index (χ3v) is 5.67. The van der Waals surface area contributed by atoms with Crippen LogP contribution in [-0.4, -0.2) is 15.0 Å². The molecule has 0 radical (unpaired) electrons. The van der Waals surface area contributed by atoms with Crippen molar-refractivity contribution in [3.05, 3.63) is 82.6 Å². The maximum atomic E-state index is 12.9. The number of nitrogens with one attached hydrogen (secondary N) is 1. The molecule has 3 rings (SSSR count). The number of benzene rings is 2. The van der Waals surface area contributed by atoms with Gasteiger partial charge in [-0.3, -0.25) is 9.52 Å². The number of carbonyl (C=O) groups excluding carboxylic acids is 1. The molecule has 0 saturated carbocycles. The van der Waals surface area contributed by atoms with Crippen molar-refractivity contribution in [2.75, 3.05) is 10.5 Å². The predicted molar refractivity (Wildman–Crippen MR) is 119 cm³/mol. The Bertz CT molecular complexity index is 1080. The van der Waals surface area contributed by atoms with E-state index in [9.17, 15) is 9.00 Å². The first kappa shape index (κ1) is 21.0. The van der Waals surface area contributed by atoms with Crippen molar-refractivity contribution in [1.82, 2.24) is 4.98 Å².